The van der Waals surface area contributed by atoms with Crippen LogP contribution in [0.25, 0.3) is 11.6 Å². The average Bonchev–Trinajstić information content (AvgIpc) is 2.48. The van der Waals surface area contributed by atoms with Crippen molar-refractivity contribution in [2.24, 2.45) is 0 Å². The molecule has 0 heterocycles. The van der Waals surface area contributed by atoms with Gasteiger partial charge in [-0.05, 0) is 42.7 Å². The number of nitrogens with zero attached hydrogens (tertiary/aromatic N) is 1. The van der Waals surface area contributed by atoms with E-state index in [4.69, 9.17) is 11.6 Å². The van der Waals surface area contributed by atoms with E-state index in [0.29, 0.717) is 11.1 Å². The van der Waals surface area contributed by atoms with Gasteiger partial charge < -0.3 is 5.11 Å². The van der Waals surface area contributed by atoms with Crippen molar-refractivity contribution in [3.8, 4) is 0 Å². The van der Waals surface area contributed by atoms with Gasteiger partial charge in [0.05, 0.1) is 10.5 Å². The van der Waals surface area contributed by atoms with E-state index in [9.17, 15) is 20.0 Å². The summed E-state index contributed by atoms with van der Waals surface area (Å²) in [5.74, 6) is -1.10. The van der Waals surface area contributed by atoms with Crippen LogP contribution in [-0.2, 0) is 4.79 Å². The van der Waals surface area contributed by atoms with Crippen LogP contribution >= 0.6 is 11.6 Å². The molecule has 0 atom stereocenters. The van der Waals surface area contributed by atoms with Gasteiger partial charge in [0.25, 0.3) is 5.69 Å². The Morgan fingerprint density at radius 3 is 2.52 bits per heavy atom. The molecule has 1 N–H and O–H groups in total. The van der Waals surface area contributed by atoms with Gasteiger partial charge in [-0.25, -0.2) is 4.79 Å². The van der Waals surface area contributed by atoms with Crippen molar-refractivity contribution >= 4 is 34.9 Å². The Bertz CT molecular complexity index is 827. The fourth-order valence-electron chi connectivity index (χ4n) is 2.21. The smallest absolute Gasteiger partial charge is 0.336 e. The van der Waals surface area contributed by atoms with E-state index in [-0.39, 0.29) is 16.3 Å². The fraction of sp³-hybridized carbons (Fsp3) is 0.118. The summed E-state index contributed by atoms with van der Waals surface area (Å²) in [6.45, 7) is 3.69. The van der Waals surface area contributed by atoms with E-state index < -0.39 is 10.9 Å². The molecule has 0 fully saturated rings. The summed E-state index contributed by atoms with van der Waals surface area (Å²) < 4.78 is 0. The molecule has 2 aromatic rings. The van der Waals surface area contributed by atoms with Gasteiger partial charge in [-0.15, -0.1) is 0 Å². The first-order valence-corrected chi connectivity index (χ1v) is 7.14. The molecule has 0 saturated carbocycles. The number of nitro benzene ring substituents is 1. The molecule has 0 aliphatic rings. The van der Waals surface area contributed by atoms with Crippen LogP contribution in [0.4, 0.5) is 5.69 Å². The van der Waals surface area contributed by atoms with Gasteiger partial charge in [0.1, 0.15) is 5.02 Å². The van der Waals surface area contributed by atoms with Gasteiger partial charge >= 0.3 is 5.97 Å². The highest BCUT2D eigenvalue weighted by Gasteiger charge is 2.16. The van der Waals surface area contributed by atoms with Gasteiger partial charge in [-0.1, -0.05) is 41.4 Å². The third-order valence-electron chi connectivity index (χ3n) is 3.39. The van der Waals surface area contributed by atoms with Gasteiger partial charge in [0, 0.05) is 6.07 Å². The van der Waals surface area contributed by atoms with Gasteiger partial charge in [-0.3, -0.25) is 10.1 Å². The fourth-order valence-corrected chi connectivity index (χ4v) is 2.39. The molecule has 0 aliphatic carbocycles. The van der Waals surface area contributed by atoms with Crippen LogP contribution in [0.2, 0.25) is 5.02 Å². The molecule has 0 amide bonds. The Hall–Kier alpha value is -2.66. The third kappa shape index (κ3) is 3.76. The molecule has 0 bridgehead atoms. The Morgan fingerprint density at radius 2 is 1.91 bits per heavy atom. The van der Waals surface area contributed by atoms with Gasteiger partial charge in [-0.2, -0.15) is 0 Å². The predicted molar refractivity (Wildman–Crippen MR) is 89.5 cm³/mol. The summed E-state index contributed by atoms with van der Waals surface area (Å²) in [5.41, 5.74) is 2.54. The average molecular weight is 332 g/mol. The number of carboxylic acid groups (broad SMARTS) is 1. The van der Waals surface area contributed by atoms with Crippen LogP contribution < -0.4 is 0 Å². The molecule has 0 aromatic heterocycles. The number of hydrogen-bond acceptors (Lipinski definition) is 3. The molecule has 118 valence electrons. The van der Waals surface area contributed by atoms with Crippen LogP contribution in [0.15, 0.2) is 36.4 Å². The minimum Gasteiger partial charge on any atom is -0.478 e. The maximum absolute atomic E-state index is 11.6. The molecule has 2 rings (SSSR count). The molecular formula is C17H14ClNO4. The summed E-state index contributed by atoms with van der Waals surface area (Å²) in [6.07, 6.45) is 1.41. The molecule has 0 spiro atoms. The number of aliphatic carboxylic acids is 1. The second-order valence-corrected chi connectivity index (χ2v) is 5.56. The molecule has 0 aliphatic heterocycles. The van der Waals surface area contributed by atoms with Crippen LogP contribution in [0.5, 0.6) is 0 Å². The highest BCUT2D eigenvalue weighted by molar-refractivity contribution is 6.32. The van der Waals surface area contributed by atoms with Crippen molar-refractivity contribution in [3.05, 3.63) is 73.8 Å². The monoisotopic (exact) mass is 331 g/mol. The van der Waals surface area contributed by atoms with Crippen molar-refractivity contribution in [3.63, 3.8) is 0 Å². The van der Waals surface area contributed by atoms with E-state index >= 15 is 0 Å². The standard InChI is InChI=1S/C17H14ClNO4/c1-10-3-4-11(2)13(7-10)14(17(20)21)8-12-5-6-15(18)16(9-12)19(22)23/h3-9H,1-2H3,(H,20,21)/b14-8-. The van der Waals surface area contributed by atoms with E-state index in [1.54, 1.807) is 12.1 Å². The first-order valence-electron chi connectivity index (χ1n) is 6.76. The van der Waals surface area contributed by atoms with Gasteiger partial charge in [0.15, 0.2) is 0 Å². The number of nitro groups is 1. The first-order chi connectivity index (χ1) is 10.8. The van der Waals surface area contributed by atoms with Crippen molar-refractivity contribution in [2.45, 2.75) is 13.8 Å². The highest BCUT2D eigenvalue weighted by Crippen LogP contribution is 2.28. The lowest BCUT2D eigenvalue weighted by molar-refractivity contribution is -0.384. The minimum absolute atomic E-state index is 0.00996. The zero-order chi connectivity index (χ0) is 17.1. The number of benzene rings is 2. The van der Waals surface area contributed by atoms with Crippen LogP contribution in [0.3, 0.4) is 0 Å². The molecule has 23 heavy (non-hydrogen) atoms. The molecule has 5 nitrogen and oxygen atoms in total. The maximum atomic E-state index is 11.6. The van der Waals surface area contributed by atoms with Crippen molar-refractivity contribution < 1.29 is 14.8 Å². The summed E-state index contributed by atoms with van der Waals surface area (Å²) in [7, 11) is 0. The topological polar surface area (TPSA) is 80.4 Å². The van der Waals surface area contributed by atoms with E-state index in [1.165, 1.54) is 18.2 Å². The quantitative estimate of drug-likeness (QED) is 0.387. The second kappa shape index (κ2) is 6.62. The largest absolute Gasteiger partial charge is 0.478 e. The lowest BCUT2D eigenvalue weighted by Crippen LogP contribution is -2.02. The lowest BCUT2D eigenvalue weighted by Gasteiger charge is -2.08. The number of carboxylic acids is 1. The Balaban J connectivity index is 2.60. The van der Waals surface area contributed by atoms with Crippen LogP contribution in [0, 0.1) is 24.0 Å². The number of halogens is 1. The van der Waals surface area contributed by atoms with Crippen LogP contribution in [-0.4, -0.2) is 16.0 Å². The number of hydrogen-bond donors (Lipinski definition) is 1. The maximum Gasteiger partial charge on any atom is 0.336 e. The zero-order valence-corrected chi connectivity index (χ0v) is 13.3. The normalized spacial score (nSPS) is 11.3. The Kier molecular flexibility index (Phi) is 4.81. The summed E-state index contributed by atoms with van der Waals surface area (Å²) >= 11 is 5.77. The third-order valence-corrected chi connectivity index (χ3v) is 3.71. The molecule has 0 saturated heterocycles. The molecule has 0 unspecified atom stereocenters. The Morgan fingerprint density at radius 1 is 1.22 bits per heavy atom. The summed E-state index contributed by atoms with van der Waals surface area (Å²) in [6, 6.07) is 9.70. The molecular weight excluding hydrogens is 318 g/mol. The lowest BCUT2D eigenvalue weighted by atomic mass is 9.96. The summed E-state index contributed by atoms with van der Waals surface area (Å²) in [5, 5.41) is 20.5. The SMILES string of the molecule is Cc1ccc(C)c(/C(=C/c2ccc(Cl)c([N+](=O)[O-])c2)C(=O)O)c1. The second-order valence-electron chi connectivity index (χ2n) is 5.15. The van der Waals surface area contributed by atoms with Crippen molar-refractivity contribution in [1.82, 2.24) is 0 Å². The number of aryl methyl sites for hydroxylation is 2. The molecule has 0 radical (unpaired) electrons. The van der Waals surface area contributed by atoms with E-state index in [1.807, 2.05) is 26.0 Å². The Labute approximate surface area is 138 Å². The van der Waals surface area contributed by atoms with Crippen LogP contribution in [0.1, 0.15) is 22.3 Å². The minimum atomic E-state index is -1.10. The van der Waals surface area contributed by atoms with Gasteiger partial charge in [0.2, 0.25) is 0 Å². The van der Waals surface area contributed by atoms with E-state index in [2.05, 4.69) is 0 Å². The summed E-state index contributed by atoms with van der Waals surface area (Å²) in [4.78, 5) is 22.0. The zero-order valence-electron chi connectivity index (χ0n) is 12.5. The number of carbonyl (C=O) groups is 1. The first kappa shape index (κ1) is 16.7. The molecule has 6 heteroatoms. The van der Waals surface area contributed by atoms with Crippen molar-refractivity contribution in [1.29, 1.82) is 0 Å². The highest BCUT2D eigenvalue weighted by atomic mass is 35.5. The van der Waals surface area contributed by atoms with E-state index in [0.717, 1.165) is 11.1 Å². The van der Waals surface area contributed by atoms with Crippen molar-refractivity contribution in [2.75, 3.05) is 0 Å². The predicted octanol–water partition coefficient (Wildman–Crippen LogP) is 4.49. The number of rotatable bonds is 4. The molecule has 2 aromatic carbocycles.